The summed E-state index contributed by atoms with van der Waals surface area (Å²) in [5.41, 5.74) is 0. The summed E-state index contributed by atoms with van der Waals surface area (Å²) in [7, 11) is 1.49. The largest absolute Gasteiger partial charge is 0.375 e. The van der Waals surface area contributed by atoms with Gasteiger partial charge in [-0.3, -0.25) is 9.59 Å². The Balaban J connectivity index is 3.29. The van der Waals surface area contributed by atoms with Crippen LogP contribution < -0.4 is 10.6 Å². The summed E-state index contributed by atoms with van der Waals surface area (Å²) in [5.74, 6) is 0.688. The van der Waals surface area contributed by atoms with Gasteiger partial charge in [-0.25, -0.2) is 0 Å². The molecule has 0 unspecified atom stereocenters. The number of carbonyl (C=O) groups is 2. The van der Waals surface area contributed by atoms with Crippen LogP contribution >= 0.6 is 0 Å². The Morgan fingerprint density at radius 3 is 2.11 bits per heavy atom. The van der Waals surface area contributed by atoms with Crippen LogP contribution in [0, 0.1) is 5.92 Å². The fourth-order valence-electron chi connectivity index (χ4n) is 1.65. The first-order valence-electron chi connectivity index (χ1n) is 7.08. The first-order chi connectivity index (χ1) is 9.06. The average Bonchev–Trinajstić information content (AvgIpc) is 2.33. The van der Waals surface area contributed by atoms with Gasteiger partial charge >= 0.3 is 0 Å². The summed E-state index contributed by atoms with van der Waals surface area (Å²) in [6, 6.07) is 0. The number of nitrogens with one attached hydrogen (secondary N) is 2. The zero-order chi connectivity index (χ0) is 14.5. The van der Waals surface area contributed by atoms with Gasteiger partial charge in [0, 0.05) is 26.6 Å². The monoisotopic (exact) mass is 272 g/mol. The number of ether oxygens (including phenoxy) is 1. The third-order valence-electron chi connectivity index (χ3n) is 2.71. The van der Waals surface area contributed by atoms with Crippen molar-refractivity contribution in [2.45, 2.75) is 46.0 Å². The zero-order valence-corrected chi connectivity index (χ0v) is 12.5. The molecule has 0 aromatic heterocycles. The molecule has 2 amide bonds. The Kier molecular flexibility index (Phi) is 11.3. The van der Waals surface area contributed by atoms with Crippen molar-refractivity contribution in [2.24, 2.45) is 5.92 Å². The van der Waals surface area contributed by atoms with E-state index < -0.39 is 0 Å². The van der Waals surface area contributed by atoms with E-state index in [2.05, 4.69) is 24.5 Å². The minimum Gasteiger partial charge on any atom is -0.375 e. The van der Waals surface area contributed by atoms with Crippen LogP contribution in [0.2, 0.25) is 0 Å². The normalized spacial score (nSPS) is 10.5. The predicted octanol–water partition coefficient (Wildman–Crippen LogP) is 1.47. The summed E-state index contributed by atoms with van der Waals surface area (Å²) in [6.45, 7) is 5.74. The van der Waals surface area contributed by atoms with E-state index >= 15 is 0 Å². The maximum absolute atomic E-state index is 11.5. The maximum Gasteiger partial charge on any atom is 0.245 e. The number of methoxy groups -OCH3 is 1. The molecule has 112 valence electrons. The molecule has 19 heavy (non-hydrogen) atoms. The molecule has 0 radical (unpaired) electrons. The van der Waals surface area contributed by atoms with E-state index in [0.29, 0.717) is 25.4 Å². The van der Waals surface area contributed by atoms with Crippen LogP contribution in [0.25, 0.3) is 0 Å². The van der Waals surface area contributed by atoms with Crippen LogP contribution in [-0.4, -0.2) is 38.6 Å². The molecular formula is C14H28N2O3. The van der Waals surface area contributed by atoms with E-state index in [9.17, 15) is 9.59 Å². The van der Waals surface area contributed by atoms with Crippen molar-refractivity contribution in [3.8, 4) is 0 Å². The summed E-state index contributed by atoms with van der Waals surface area (Å²) in [6.07, 6.45) is 4.41. The van der Waals surface area contributed by atoms with Crippen molar-refractivity contribution in [3.63, 3.8) is 0 Å². The molecule has 0 bridgehead atoms. The highest BCUT2D eigenvalue weighted by Crippen LogP contribution is 2.05. The fourth-order valence-corrected chi connectivity index (χ4v) is 1.65. The van der Waals surface area contributed by atoms with Gasteiger partial charge in [0.15, 0.2) is 0 Å². The third-order valence-corrected chi connectivity index (χ3v) is 2.71. The topological polar surface area (TPSA) is 67.4 Å². The van der Waals surface area contributed by atoms with Gasteiger partial charge in [0.05, 0.1) is 0 Å². The van der Waals surface area contributed by atoms with Crippen molar-refractivity contribution in [1.82, 2.24) is 10.6 Å². The Morgan fingerprint density at radius 2 is 1.58 bits per heavy atom. The van der Waals surface area contributed by atoms with Crippen molar-refractivity contribution in [2.75, 3.05) is 26.8 Å². The van der Waals surface area contributed by atoms with E-state index in [4.69, 9.17) is 4.74 Å². The molecule has 0 aliphatic carbocycles. The van der Waals surface area contributed by atoms with Gasteiger partial charge in [-0.2, -0.15) is 0 Å². The smallest absolute Gasteiger partial charge is 0.245 e. The lowest BCUT2D eigenvalue weighted by Crippen LogP contribution is -2.29. The quantitative estimate of drug-likeness (QED) is 0.560. The van der Waals surface area contributed by atoms with Crippen molar-refractivity contribution in [1.29, 1.82) is 0 Å². The maximum atomic E-state index is 11.5. The van der Waals surface area contributed by atoms with Gasteiger partial charge in [0.1, 0.15) is 6.61 Å². The number of hydrogen-bond acceptors (Lipinski definition) is 3. The molecule has 0 aliphatic rings. The lowest BCUT2D eigenvalue weighted by Gasteiger charge is -2.07. The highest BCUT2D eigenvalue weighted by atomic mass is 16.5. The summed E-state index contributed by atoms with van der Waals surface area (Å²) < 4.78 is 4.70. The predicted molar refractivity (Wildman–Crippen MR) is 75.8 cm³/mol. The molecule has 0 rings (SSSR count). The molecule has 2 N–H and O–H groups in total. The standard InChI is InChI=1S/C14H28N2O3/c1-12(2)7-6-8-13(17)15-9-4-5-10-16-14(18)11-19-3/h12H,4-11H2,1-3H3,(H,15,17)(H,16,18). The molecule has 0 aromatic rings. The fraction of sp³-hybridized carbons (Fsp3) is 0.857. The van der Waals surface area contributed by atoms with E-state index in [-0.39, 0.29) is 18.4 Å². The molecule has 5 nitrogen and oxygen atoms in total. The van der Waals surface area contributed by atoms with Gasteiger partial charge in [0.25, 0.3) is 0 Å². The molecule has 0 saturated heterocycles. The van der Waals surface area contributed by atoms with Gasteiger partial charge in [-0.15, -0.1) is 0 Å². The average molecular weight is 272 g/mol. The number of hydrogen-bond donors (Lipinski definition) is 2. The SMILES string of the molecule is COCC(=O)NCCCCNC(=O)CCCC(C)C. The number of unbranched alkanes of at least 4 members (excludes halogenated alkanes) is 1. The summed E-state index contributed by atoms with van der Waals surface area (Å²) >= 11 is 0. The van der Waals surface area contributed by atoms with Crippen molar-refractivity contribution in [3.05, 3.63) is 0 Å². The molecule has 0 spiro atoms. The van der Waals surface area contributed by atoms with Crippen LogP contribution in [-0.2, 0) is 14.3 Å². The third kappa shape index (κ3) is 13.1. The lowest BCUT2D eigenvalue weighted by atomic mass is 10.1. The minimum absolute atomic E-state index is 0.0970. The Morgan fingerprint density at radius 1 is 1.00 bits per heavy atom. The lowest BCUT2D eigenvalue weighted by molar-refractivity contribution is -0.125. The molecule has 0 saturated carbocycles. The second-order valence-corrected chi connectivity index (χ2v) is 5.13. The molecular weight excluding hydrogens is 244 g/mol. The molecule has 0 aliphatic heterocycles. The molecule has 0 atom stereocenters. The second-order valence-electron chi connectivity index (χ2n) is 5.13. The Bertz CT molecular complexity index is 255. The molecule has 0 aromatic carbocycles. The number of rotatable bonds is 11. The molecule has 5 heteroatoms. The summed E-state index contributed by atoms with van der Waals surface area (Å²) in [5, 5.41) is 5.64. The van der Waals surface area contributed by atoms with Gasteiger partial charge in [-0.1, -0.05) is 20.3 Å². The highest BCUT2D eigenvalue weighted by molar-refractivity contribution is 5.77. The van der Waals surface area contributed by atoms with Crippen LogP contribution in [0.5, 0.6) is 0 Å². The molecule has 0 heterocycles. The zero-order valence-electron chi connectivity index (χ0n) is 12.5. The van der Waals surface area contributed by atoms with E-state index in [0.717, 1.165) is 25.7 Å². The molecule has 0 fully saturated rings. The Hall–Kier alpha value is -1.10. The Labute approximate surface area is 116 Å². The van der Waals surface area contributed by atoms with Gasteiger partial charge < -0.3 is 15.4 Å². The van der Waals surface area contributed by atoms with E-state index in [1.54, 1.807) is 0 Å². The van der Waals surface area contributed by atoms with Crippen molar-refractivity contribution < 1.29 is 14.3 Å². The van der Waals surface area contributed by atoms with Gasteiger partial charge in [0.2, 0.25) is 11.8 Å². The summed E-state index contributed by atoms with van der Waals surface area (Å²) in [4.78, 5) is 22.5. The second kappa shape index (κ2) is 12.0. The van der Waals surface area contributed by atoms with Gasteiger partial charge in [-0.05, 0) is 25.2 Å². The van der Waals surface area contributed by atoms with E-state index in [1.807, 2.05) is 0 Å². The van der Waals surface area contributed by atoms with Crippen LogP contribution in [0.15, 0.2) is 0 Å². The first-order valence-corrected chi connectivity index (χ1v) is 7.08. The van der Waals surface area contributed by atoms with Crippen molar-refractivity contribution >= 4 is 11.8 Å². The minimum atomic E-state index is -0.0970. The van der Waals surface area contributed by atoms with Crippen LogP contribution in [0.4, 0.5) is 0 Å². The highest BCUT2D eigenvalue weighted by Gasteiger charge is 2.02. The van der Waals surface area contributed by atoms with Crippen LogP contribution in [0.1, 0.15) is 46.0 Å². The number of amides is 2. The van der Waals surface area contributed by atoms with Crippen LogP contribution in [0.3, 0.4) is 0 Å². The number of carbonyl (C=O) groups excluding carboxylic acids is 2. The van der Waals surface area contributed by atoms with E-state index in [1.165, 1.54) is 7.11 Å². The first kappa shape index (κ1) is 17.9.